The molecule has 0 aliphatic heterocycles. The van der Waals surface area contributed by atoms with Crippen LogP contribution in [0, 0.1) is 89.9 Å². The molecule has 0 spiro atoms. The lowest BCUT2D eigenvalue weighted by atomic mass is 9.86. The summed E-state index contributed by atoms with van der Waals surface area (Å²) in [5, 5.41) is 12.0. The van der Waals surface area contributed by atoms with Crippen molar-refractivity contribution < 1.29 is 60.7 Å². The van der Waals surface area contributed by atoms with Gasteiger partial charge in [0, 0.05) is 72.3 Å². The molecular formula is C67H63Cl2F4N7O9S. The van der Waals surface area contributed by atoms with Gasteiger partial charge in [-0.3, -0.25) is 43.2 Å². The van der Waals surface area contributed by atoms with Gasteiger partial charge in [-0.25, -0.2) is 9.37 Å². The van der Waals surface area contributed by atoms with E-state index in [2.05, 4.69) is 35.5 Å². The Morgan fingerprint density at radius 3 is 1.38 bits per heavy atom. The van der Waals surface area contributed by atoms with Gasteiger partial charge in [-0.15, -0.1) is 5.10 Å². The highest BCUT2D eigenvalue weighted by Crippen LogP contribution is 2.43. The number of rotatable bonds is 16. The Kier molecular flexibility index (Phi) is 22.0. The van der Waals surface area contributed by atoms with Crippen LogP contribution in [0.25, 0.3) is 11.1 Å². The lowest BCUT2D eigenvalue weighted by Crippen LogP contribution is -2.28. The zero-order valence-electron chi connectivity index (χ0n) is 50.1. The number of benzene rings is 4. The highest BCUT2D eigenvalue weighted by Gasteiger charge is 2.45. The first-order valence-electron chi connectivity index (χ1n) is 28.9. The van der Waals surface area contributed by atoms with E-state index < -0.39 is 59.2 Å². The van der Waals surface area contributed by atoms with Crippen molar-refractivity contribution in [1.82, 2.24) is 35.5 Å². The van der Waals surface area contributed by atoms with E-state index in [0.29, 0.717) is 29.8 Å². The first-order chi connectivity index (χ1) is 42.7. The quantitative estimate of drug-likeness (QED) is 0.0464. The van der Waals surface area contributed by atoms with Crippen LogP contribution < -0.4 is 16.0 Å². The predicted octanol–water partition coefficient (Wildman–Crippen LogP) is 11.6. The molecule has 90 heavy (non-hydrogen) atoms. The van der Waals surface area contributed by atoms with Crippen LogP contribution in [0.3, 0.4) is 0 Å². The number of halogens is 6. The highest BCUT2D eigenvalue weighted by molar-refractivity contribution is 7.05. The molecule has 0 bridgehead atoms. The number of aromatic nitrogens is 4. The third-order valence-electron chi connectivity index (χ3n) is 16.2. The van der Waals surface area contributed by atoms with E-state index in [9.17, 15) is 60.7 Å². The van der Waals surface area contributed by atoms with Gasteiger partial charge in [0.05, 0.1) is 10.4 Å². The van der Waals surface area contributed by atoms with Crippen molar-refractivity contribution in [3.8, 4) is 11.1 Å². The SMILES string of the molecule is Cc1cc(C)c(C2C(=O)CC(CCNC(=O)c3ccc(F)nc3F)C2=O)c(C)c1.Cc1cc(C)c(C2C(=O)CC(CCNC(=O)c3nnsc3C)C2=O)c(C)c1.O=C(NCCC1CC(=O)C(c2c(Cl)cc(-c3ccc(F)cc3)cc2Cl)C1=O)c1cccc(F)n1. The molecule has 3 fully saturated rings. The van der Waals surface area contributed by atoms with E-state index in [-0.39, 0.29) is 124 Å². The molecule has 0 saturated heterocycles. The maximum absolute atomic E-state index is 13.6. The highest BCUT2D eigenvalue weighted by atomic mass is 35.5. The summed E-state index contributed by atoms with van der Waals surface area (Å²) in [6.07, 6.45) is 1.32. The summed E-state index contributed by atoms with van der Waals surface area (Å²) in [4.78, 5) is 120. The first-order valence-corrected chi connectivity index (χ1v) is 30.4. The Bertz CT molecular complexity index is 3940. The van der Waals surface area contributed by atoms with Gasteiger partial charge < -0.3 is 16.0 Å². The van der Waals surface area contributed by atoms with Crippen molar-refractivity contribution in [2.75, 3.05) is 19.6 Å². The van der Waals surface area contributed by atoms with Crippen molar-refractivity contribution in [2.24, 2.45) is 17.8 Å². The molecule has 23 heteroatoms. The topological polar surface area (TPSA) is 241 Å². The van der Waals surface area contributed by atoms with Gasteiger partial charge >= 0.3 is 0 Å². The van der Waals surface area contributed by atoms with Crippen molar-refractivity contribution in [1.29, 1.82) is 0 Å². The average molecular weight is 1290 g/mol. The number of carbonyl (C=O) groups excluding carboxylic acids is 9. The number of amides is 3. The minimum absolute atomic E-state index is 0.00393. The van der Waals surface area contributed by atoms with E-state index in [0.717, 1.165) is 67.6 Å². The van der Waals surface area contributed by atoms with Crippen molar-refractivity contribution in [3.05, 3.63) is 197 Å². The monoisotopic (exact) mass is 1290 g/mol. The number of Topliss-reactive ketones (excluding diaryl/α,β-unsaturated/α-hetero) is 6. The third kappa shape index (κ3) is 15.7. The van der Waals surface area contributed by atoms with Gasteiger partial charge in [0.15, 0.2) is 23.0 Å². The third-order valence-corrected chi connectivity index (χ3v) is 17.4. The molecule has 10 rings (SSSR count). The number of nitrogens with zero attached hydrogens (tertiary/aromatic N) is 4. The predicted molar refractivity (Wildman–Crippen MR) is 330 cm³/mol. The fourth-order valence-electron chi connectivity index (χ4n) is 12.1. The number of hydrogen-bond acceptors (Lipinski definition) is 14. The molecule has 3 aliphatic rings. The van der Waals surface area contributed by atoms with Crippen molar-refractivity contribution in [3.63, 3.8) is 0 Å². The summed E-state index contributed by atoms with van der Waals surface area (Å²) >= 11 is 14.1. The largest absolute Gasteiger partial charge is 0.352 e. The second-order valence-electron chi connectivity index (χ2n) is 22.7. The van der Waals surface area contributed by atoms with E-state index in [1.807, 2.05) is 65.8 Å². The molecule has 468 valence electrons. The Balaban J connectivity index is 0.000000176. The summed E-state index contributed by atoms with van der Waals surface area (Å²) in [5.74, 6) is -9.88. The lowest BCUT2D eigenvalue weighted by molar-refractivity contribution is -0.126. The van der Waals surface area contributed by atoms with Crippen LogP contribution in [-0.2, 0) is 28.8 Å². The van der Waals surface area contributed by atoms with Gasteiger partial charge in [-0.05, 0) is 172 Å². The van der Waals surface area contributed by atoms with Crippen LogP contribution in [0.15, 0.2) is 91.0 Å². The van der Waals surface area contributed by atoms with Crippen LogP contribution >= 0.6 is 34.7 Å². The lowest BCUT2D eigenvalue weighted by Gasteiger charge is -2.16. The normalized spacial score (nSPS) is 18.7. The molecule has 6 atom stereocenters. The maximum Gasteiger partial charge on any atom is 0.273 e. The molecule has 7 aromatic rings. The Morgan fingerprint density at radius 1 is 0.511 bits per heavy atom. The van der Waals surface area contributed by atoms with Gasteiger partial charge in [-0.1, -0.05) is 81.3 Å². The van der Waals surface area contributed by atoms with Gasteiger partial charge in [0.1, 0.15) is 46.6 Å². The van der Waals surface area contributed by atoms with Crippen LogP contribution in [0.2, 0.25) is 10.0 Å². The smallest absolute Gasteiger partial charge is 0.273 e. The molecule has 3 amide bonds. The van der Waals surface area contributed by atoms with Crippen molar-refractivity contribution >= 4 is 87.2 Å². The number of ketones is 6. The Labute approximate surface area is 530 Å². The average Bonchev–Trinajstić information content (AvgIpc) is 1.69. The molecule has 3 saturated carbocycles. The maximum atomic E-state index is 13.6. The van der Waals surface area contributed by atoms with Crippen LogP contribution in [0.5, 0.6) is 0 Å². The number of nitrogens with one attached hydrogen (secondary N) is 3. The molecule has 4 aromatic carbocycles. The fourth-order valence-corrected chi connectivity index (χ4v) is 13.2. The van der Waals surface area contributed by atoms with E-state index in [1.54, 1.807) is 31.2 Å². The Hall–Kier alpha value is -8.53. The van der Waals surface area contributed by atoms with Crippen LogP contribution in [-0.4, -0.2) is 91.6 Å². The number of carbonyl (C=O) groups is 9. The molecule has 3 N–H and O–H groups in total. The summed E-state index contributed by atoms with van der Waals surface area (Å²) in [7, 11) is 0. The fraction of sp³-hybridized carbons (Fsp3) is 0.328. The van der Waals surface area contributed by atoms with E-state index in [1.165, 1.54) is 35.8 Å². The molecule has 16 nitrogen and oxygen atoms in total. The van der Waals surface area contributed by atoms with E-state index in [4.69, 9.17) is 23.2 Å². The molecule has 3 heterocycles. The molecule has 3 aliphatic carbocycles. The number of pyridine rings is 2. The molecule has 6 unspecified atom stereocenters. The van der Waals surface area contributed by atoms with Gasteiger partial charge in [-0.2, -0.15) is 18.2 Å². The minimum atomic E-state index is -1.19. The van der Waals surface area contributed by atoms with Crippen LogP contribution in [0.1, 0.15) is 143 Å². The number of aryl methyl sites for hydroxylation is 7. The molecule has 3 aromatic heterocycles. The first kappa shape index (κ1) is 67.4. The Morgan fingerprint density at radius 2 is 0.944 bits per heavy atom. The minimum Gasteiger partial charge on any atom is -0.352 e. The summed E-state index contributed by atoms with van der Waals surface area (Å²) < 4.78 is 56.6. The van der Waals surface area contributed by atoms with Gasteiger partial charge in [0.2, 0.25) is 17.8 Å². The second-order valence-corrected chi connectivity index (χ2v) is 24.5. The standard InChI is InChI=1S/C25H18Cl2F2N2O3.C22H22F2N2O3.C20H23N3O3S/c26-17-10-15(13-4-6-16(28)7-5-13)11-18(27)22(17)23-20(32)12-14(24(23)33)8-9-30-25(34)19-2-1-3-21(29)31-19;1-11-8-12(2)18(13(3)9-11)19-16(27)10-14(20(19)28)6-7-25-22(29)15-4-5-17(23)26-21(15)24;1-10-7-11(2)16(12(3)8-10)17-15(24)9-14(19(17)25)5-6-21-20(26)18-13(4)27-23-22-18/h1-7,10-11,14,23H,8-9,12H2,(H,30,34);4-5,8-9,14,19H,6-7,10H2,1-3H3,(H,25,29);7-8,14,17H,5-6,9H2,1-4H3,(H,21,26). The van der Waals surface area contributed by atoms with Gasteiger partial charge in [0.25, 0.3) is 17.7 Å². The molecule has 0 radical (unpaired) electrons. The van der Waals surface area contributed by atoms with Crippen molar-refractivity contribution in [2.45, 2.75) is 105 Å². The van der Waals surface area contributed by atoms with Crippen LogP contribution in [0.4, 0.5) is 17.6 Å². The zero-order chi connectivity index (χ0) is 65.4. The number of hydrogen-bond donors (Lipinski definition) is 3. The molecular weight excluding hydrogens is 1230 g/mol. The second kappa shape index (κ2) is 29.4. The summed E-state index contributed by atoms with van der Waals surface area (Å²) in [5.41, 5.74) is 9.06. The van der Waals surface area contributed by atoms with E-state index >= 15 is 0 Å². The zero-order valence-corrected chi connectivity index (χ0v) is 52.5. The summed E-state index contributed by atoms with van der Waals surface area (Å²) in [6, 6.07) is 22.7. The summed E-state index contributed by atoms with van der Waals surface area (Å²) in [6.45, 7) is 14.0.